The Morgan fingerprint density at radius 3 is 1.90 bits per heavy atom. The van der Waals surface area contributed by atoms with Crippen molar-refractivity contribution in [2.45, 2.75) is 126 Å². The lowest BCUT2D eigenvalue weighted by Crippen LogP contribution is -2.60. The van der Waals surface area contributed by atoms with E-state index in [0.717, 1.165) is 10.9 Å². The summed E-state index contributed by atoms with van der Waals surface area (Å²) in [4.78, 5) is 148. The third-order valence-electron chi connectivity index (χ3n) is 12.2. The molecule has 0 saturated carbocycles. The van der Waals surface area contributed by atoms with Crippen molar-refractivity contribution in [2.75, 3.05) is 19.6 Å². The molecule has 1 fully saturated rings. The van der Waals surface area contributed by atoms with E-state index in [4.69, 9.17) is 46.0 Å². The van der Waals surface area contributed by atoms with Gasteiger partial charge in [-0.15, -0.1) is 0 Å². The second kappa shape index (κ2) is 30.8. The summed E-state index contributed by atoms with van der Waals surface area (Å²) in [5.74, 6) is -8.84. The number of primary amides is 2. The number of halogens is 1. The third kappa shape index (κ3) is 21.0. The number of guanidine groups is 2. The number of aliphatic imine (C=N–C) groups is 2. The van der Waals surface area contributed by atoms with Gasteiger partial charge in [-0.25, -0.2) is 0 Å². The molecule has 0 spiro atoms. The molecule has 1 saturated heterocycles. The number of nitrogens with two attached hydrogens (primary N) is 6. The highest BCUT2D eigenvalue weighted by atomic mass is 35.5. The monoisotopic (exact) mass is 1090 g/mol. The van der Waals surface area contributed by atoms with Crippen molar-refractivity contribution in [3.63, 3.8) is 0 Å². The Kier molecular flexibility index (Phi) is 24.4. The summed E-state index contributed by atoms with van der Waals surface area (Å²) in [6.45, 7) is 1.21. The first kappa shape index (κ1) is 61.1. The second-order valence-corrected chi connectivity index (χ2v) is 18.7. The number of benzene rings is 2. The third-order valence-corrected chi connectivity index (χ3v) is 12.6. The van der Waals surface area contributed by atoms with Crippen LogP contribution in [0, 0.1) is 0 Å². The molecule has 3 aromatic rings. The van der Waals surface area contributed by atoms with Gasteiger partial charge in [0.05, 0.1) is 0 Å². The van der Waals surface area contributed by atoms with E-state index in [0.29, 0.717) is 11.1 Å². The van der Waals surface area contributed by atoms with Gasteiger partial charge in [0.25, 0.3) is 0 Å². The van der Waals surface area contributed by atoms with E-state index in [1.165, 1.54) is 6.92 Å². The first-order valence-electron chi connectivity index (χ1n) is 24.9. The Morgan fingerprint density at radius 1 is 0.688 bits per heavy atom. The number of rotatable bonds is 19. The highest BCUT2D eigenvalue weighted by Crippen LogP contribution is 2.21. The van der Waals surface area contributed by atoms with Crippen molar-refractivity contribution < 1.29 is 47.9 Å². The molecule has 7 unspecified atom stereocenters. The molecule has 1 aliphatic heterocycles. The van der Waals surface area contributed by atoms with Crippen molar-refractivity contribution >= 4 is 93.5 Å². The Balaban J connectivity index is 1.80. The maximum Gasteiger partial charge on any atom is 0.243 e. The van der Waals surface area contributed by atoms with Gasteiger partial charge < -0.3 is 81.9 Å². The number of aromatic nitrogens is 1. The van der Waals surface area contributed by atoms with E-state index in [1.54, 1.807) is 48.7 Å². The highest BCUT2D eigenvalue weighted by Gasteiger charge is 2.35. The fourth-order valence-corrected chi connectivity index (χ4v) is 8.47. The number of aromatic amines is 1. The summed E-state index contributed by atoms with van der Waals surface area (Å²) < 4.78 is 0. The average Bonchev–Trinajstić information content (AvgIpc) is 3.78. The highest BCUT2D eigenvalue weighted by molar-refractivity contribution is 6.31. The number of carbonyl (C=O) groups is 10. The van der Waals surface area contributed by atoms with Gasteiger partial charge in [-0.05, 0) is 74.6 Å². The molecule has 0 bridgehead atoms. The Morgan fingerprint density at radius 2 is 1.26 bits per heavy atom. The minimum Gasteiger partial charge on any atom is -0.370 e. The number of hydrogen-bond donors (Lipinski definition) is 15. The SMILES string of the molecule is CC(=O)NC(CCCN=C(N)N)C(=O)NC1CCCNC(=O)CCC(C(N)=O)NC(=O)C(Cc2c[nH]c3ccccc23)NC(=O)C(CCCN=C(N)N)NC(=O)C(Cc2ccccc2Cl)NC(=O)C(CCC(N)=O)NC1=O. The molecular weight excluding hydrogens is 1020 g/mol. The molecular formula is C49H70ClN17O10. The van der Waals surface area contributed by atoms with Gasteiger partial charge in [0.1, 0.15) is 42.3 Å². The lowest BCUT2D eigenvalue weighted by molar-refractivity contribution is -0.136. The van der Waals surface area contributed by atoms with Crippen LogP contribution in [-0.2, 0) is 60.8 Å². The van der Waals surface area contributed by atoms with Crippen molar-refractivity contribution in [3.8, 4) is 0 Å². The first-order chi connectivity index (χ1) is 36.6. The van der Waals surface area contributed by atoms with Gasteiger partial charge in [0.2, 0.25) is 59.1 Å². The maximum atomic E-state index is 14.7. The smallest absolute Gasteiger partial charge is 0.243 e. The van der Waals surface area contributed by atoms with E-state index < -0.39 is 114 Å². The first-order valence-corrected chi connectivity index (χ1v) is 25.3. The Labute approximate surface area is 448 Å². The zero-order valence-electron chi connectivity index (χ0n) is 42.7. The Bertz CT molecular complexity index is 2650. The van der Waals surface area contributed by atoms with Gasteiger partial charge in [-0.2, -0.15) is 0 Å². The predicted molar refractivity (Wildman–Crippen MR) is 285 cm³/mol. The minimum atomic E-state index is -1.59. The molecule has 1 aliphatic rings. The molecule has 2 aromatic carbocycles. The maximum absolute atomic E-state index is 14.7. The van der Waals surface area contributed by atoms with Crippen LogP contribution in [0.15, 0.2) is 64.7 Å². The van der Waals surface area contributed by atoms with Crippen molar-refractivity contribution in [3.05, 3.63) is 70.9 Å². The molecule has 21 N–H and O–H groups in total. The molecule has 77 heavy (non-hydrogen) atoms. The number of nitrogens with zero attached hydrogens (tertiary/aromatic N) is 2. The normalized spacial score (nSPS) is 20.8. The molecule has 27 nitrogen and oxygen atoms in total. The van der Waals surface area contributed by atoms with Crippen LogP contribution in [0.3, 0.4) is 0 Å². The molecule has 1 aromatic heterocycles. The molecule has 7 atom stereocenters. The van der Waals surface area contributed by atoms with Crippen LogP contribution >= 0.6 is 11.6 Å². The number of hydrogen-bond acceptors (Lipinski definition) is 12. The lowest BCUT2D eigenvalue weighted by Gasteiger charge is -2.28. The minimum absolute atomic E-state index is 0.00487. The average molecular weight is 1090 g/mol. The zero-order valence-corrected chi connectivity index (χ0v) is 43.4. The lowest BCUT2D eigenvalue weighted by atomic mass is 10.0. The van der Waals surface area contributed by atoms with E-state index in [2.05, 4.69) is 57.5 Å². The number of amides is 10. The number of fused-ring (bicyclic) bond motifs is 1. The number of carbonyl (C=O) groups excluding carboxylic acids is 10. The van der Waals surface area contributed by atoms with E-state index in [-0.39, 0.29) is 101 Å². The topological polar surface area (TPSA) is 464 Å². The van der Waals surface area contributed by atoms with Gasteiger partial charge in [0.15, 0.2) is 11.9 Å². The Hall–Kier alpha value is -8.49. The molecule has 418 valence electrons. The zero-order chi connectivity index (χ0) is 56.6. The fourth-order valence-electron chi connectivity index (χ4n) is 8.25. The summed E-state index contributed by atoms with van der Waals surface area (Å²) in [5, 5.41) is 21.9. The number of para-hydroxylation sites is 1. The summed E-state index contributed by atoms with van der Waals surface area (Å²) in [7, 11) is 0. The van der Waals surface area contributed by atoms with E-state index in [9.17, 15) is 47.9 Å². The van der Waals surface area contributed by atoms with Crippen LogP contribution in [0.5, 0.6) is 0 Å². The van der Waals surface area contributed by atoms with Gasteiger partial charge in [0, 0.05) is 74.4 Å². The van der Waals surface area contributed by atoms with Crippen LogP contribution in [0.4, 0.5) is 0 Å². The summed E-state index contributed by atoms with van der Waals surface area (Å²) in [5.41, 5.74) is 34.9. The molecule has 10 amide bonds. The van der Waals surface area contributed by atoms with Crippen LogP contribution < -0.4 is 76.9 Å². The van der Waals surface area contributed by atoms with Crippen LogP contribution in [-0.4, -0.2) is 138 Å². The summed E-state index contributed by atoms with van der Waals surface area (Å²) >= 11 is 6.56. The van der Waals surface area contributed by atoms with Crippen LogP contribution in [0.25, 0.3) is 10.9 Å². The van der Waals surface area contributed by atoms with E-state index in [1.807, 2.05) is 6.07 Å². The predicted octanol–water partition coefficient (Wildman–Crippen LogP) is -3.43. The quantitative estimate of drug-likeness (QED) is 0.0316. The molecule has 2 heterocycles. The van der Waals surface area contributed by atoms with Gasteiger partial charge in [-0.1, -0.05) is 48.0 Å². The van der Waals surface area contributed by atoms with Gasteiger partial charge >= 0.3 is 0 Å². The second-order valence-electron chi connectivity index (χ2n) is 18.3. The van der Waals surface area contributed by atoms with Crippen LogP contribution in [0.2, 0.25) is 5.02 Å². The largest absolute Gasteiger partial charge is 0.370 e. The van der Waals surface area contributed by atoms with Crippen LogP contribution in [0.1, 0.15) is 82.3 Å². The van der Waals surface area contributed by atoms with Crippen molar-refractivity contribution in [1.82, 2.24) is 47.5 Å². The number of H-pyrrole nitrogens is 1. The molecule has 0 aliphatic carbocycles. The summed E-state index contributed by atoms with van der Waals surface area (Å²) in [6, 6.07) is 3.52. The van der Waals surface area contributed by atoms with Gasteiger partial charge in [-0.3, -0.25) is 57.9 Å². The molecule has 28 heteroatoms. The summed E-state index contributed by atoms with van der Waals surface area (Å²) in [6.07, 6.45) is -0.144. The fraction of sp³-hybridized carbons (Fsp3) is 0.469. The van der Waals surface area contributed by atoms with Crippen molar-refractivity contribution in [2.24, 2.45) is 44.4 Å². The molecule has 0 radical (unpaired) electrons. The van der Waals surface area contributed by atoms with E-state index >= 15 is 0 Å². The number of nitrogens with one attached hydrogen (secondary N) is 9. The van der Waals surface area contributed by atoms with Crippen molar-refractivity contribution in [1.29, 1.82) is 0 Å². The molecule has 4 rings (SSSR count). The standard InChI is InChI=1S/C49H70ClN17O10/c1-26(68)61-33(13-7-21-58-48(53)54)42(72)63-34-14-6-20-57-40(70)19-17-32(41(52)71)62-46(76)38(24-28-25-60-31-12-5-3-10-29(28)31)67-44(74)35(15-8-22-59-49(55)56)64-47(77)37(23-27-9-2-4-11-30(27)50)66-45(75)36(65-43(34)73)16-18-39(51)69/h2-5,9-12,25,32-38,60H,6-8,13-24H2,1H3,(H2,51,69)(H2,52,71)(H,57,70)(H,61,68)(H,62,76)(H,63,72)(H,64,77)(H,65,73)(H,66,75)(H,67,74)(H4,53,54,58)(H4,55,56,59).